The Morgan fingerprint density at radius 2 is 0.550 bits per heavy atom. The van der Waals surface area contributed by atoms with Crippen molar-refractivity contribution < 1.29 is 28.6 Å². The Morgan fingerprint density at radius 3 is 0.817 bits per heavy atom. The van der Waals surface area contributed by atoms with Gasteiger partial charge in [0.05, 0.1) is 0 Å². The fourth-order valence-electron chi connectivity index (χ4n) is 8.17. The molecule has 0 spiro atoms. The van der Waals surface area contributed by atoms with E-state index < -0.39 is 6.10 Å². The molecule has 0 aromatic carbocycles. The Balaban J connectivity index is 4.22. The monoisotopic (exact) mass is 849 g/mol. The van der Waals surface area contributed by atoms with Crippen LogP contribution in [0.4, 0.5) is 0 Å². The summed E-state index contributed by atoms with van der Waals surface area (Å²) < 4.78 is 16.8. The molecule has 0 aliphatic rings. The van der Waals surface area contributed by atoms with Gasteiger partial charge in [-0.05, 0) is 31.1 Å². The molecule has 356 valence electrons. The molecular weight excluding hydrogens is 745 g/mol. The first-order valence-electron chi connectivity index (χ1n) is 26.7. The smallest absolute Gasteiger partial charge is 0.306 e. The maximum atomic E-state index is 12.8. The summed E-state index contributed by atoms with van der Waals surface area (Å²) in [4.78, 5) is 37.9. The van der Waals surface area contributed by atoms with Gasteiger partial charge < -0.3 is 14.2 Å². The highest BCUT2D eigenvalue weighted by Crippen LogP contribution is 2.18. The van der Waals surface area contributed by atoms with E-state index in [9.17, 15) is 14.4 Å². The number of carbonyl (C=O) groups excluding carboxylic acids is 3. The van der Waals surface area contributed by atoms with Crippen molar-refractivity contribution in [1.82, 2.24) is 0 Å². The van der Waals surface area contributed by atoms with Crippen molar-refractivity contribution in [2.75, 3.05) is 13.2 Å². The second kappa shape index (κ2) is 46.9. The molecule has 1 atom stereocenters. The topological polar surface area (TPSA) is 78.9 Å². The quantitative estimate of drug-likeness (QED) is 0.0345. The Hall–Kier alpha value is -1.59. The van der Waals surface area contributed by atoms with E-state index in [-0.39, 0.29) is 31.1 Å². The lowest BCUT2D eigenvalue weighted by atomic mass is 10.0. The summed E-state index contributed by atoms with van der Waals surface area (Å²) in [6, 6.07) is 0. The third-order valence-corrected chi connectivity index (χ3v) is 12.2. The molecule has 0 rings (SSSR count). The fourth-order valence-corrected chi connectivity index (χ4v) is 8.17. The molecule has 0 radical (unpaired) electrons. The van der Waals surface area contributed by atoms with Crippen LogP contribution in [0.25, 0.3) is 0 Å². The molecule has 0 heterocycles. The molecule has 0 unspecified atom stereocenters. The molecule has 0 amide bonds. The summed E-state index contributed by atoms with van der Waals surface area (Å²) in [6.07, 6.45) is 48.2. The Morgan fingerprint density at radius 1 is 0.317 bits per heavy atom. The molecule has 60 heavy (non-hydrogen) atoms. The third kappa shape index (κ3) is 47.5. The SMILES string of the molecule is CCCCCCCCCCCCCCCCC(=O)O[C@H](COC(=O)CCCCCCCCCCCCCCCCCCC(C)C)COC(=O)CCCCCCCCC(C)C. The standard InChI is InChI=1S/C54H104O6/c1-6-7-8-9-10-11-12-13-19-23-26-29-36-41-46-54(57)60-51(48-59-53(56)45-40-35-31-30-33-38-43-50(4)5)47-58-52(55)44-39-34-28-25-22-20-17-15-14-16-18-21-24-27-32-37-42-49(2)3/h49-51H,6-48H2,1-5H3/t51-/m1/s1. The van der Waals surface area contributed by atoms with Crippen LogP contribution in [0.1, 0.15) is 298 Å². The van der Waals surface area contributed by atoms with Crippen molar-refractivity contribution in [2.24, 2.45) is 11.8 Å². The van der Waals surface area contributed by atoms with Crippen LogP contribution in [-0.2, 0) is 28.6 Å². The average Bonchev–Trinajstić information content (AvgIpc) is 3.22. The number of ether oxygens (including phenoxy) is 3. The first-order chi connectivity index (χ1) is 29.2. The minimum Gasteiger partial charge on any atom is -0.462 e. The Bertz CT molecular complexity index is 916. The first kappa shape index (κ1) is 58.4. The molecule has 0 saturated heterocycles. The van der Waals surface area contributed by atoms with Crippen LogP contribution in [0.5, 0.6) is 0 Å². The predicted molar refractivity (Wildman–Crippen MR) is 256 cm³/mol. The van der Waals surface area contributed by atoms with Crippen molar-refractivity contribution in [3.05, 3.63) is 0 Å². The maximum Gasteiger partial charge on any atom is 0.306 e. The number of hydrogen-bond donors (Lipinski definition) is 0. The number of unbranched alkanes of at least 4 members (excludes halogenated alkanes) is 33. The predicted octanol–water partition coefficient (Wildman–Crippen LogP) is 17.3. The lowest BCUT2D eigenvalue weighted by Gasteiger charge is -2.18. The first-order valence-corrected chi connectivity index (χ1v) is 26.7. The summed E-state index contributed by atoms with van der Waals surface area (Å²) in [5.74, 6) is 0.766. The molecule has 0 aliphatic heterocycles. The number of esters is 3. The molecule has 6 nitrogen and oxygen atoms in total. The minimum absolute atomic E-state index is 0.0641. The summed E-state index contributed by atoms with van der Waals surface area (Å²) in [6.45, 7) is 11.3. The zero-order valence-electron chi connectivity index (χ0n) is 41.1. The highest BCUT2D eigenvalue weighted by atomic mass is 16.6. The van der Waals surface area contributed by atoms with E-state index in [1.54, 1.807) is 0 Å². The second-order valence-corrected chi connectivity index (χ2v) is 19.5. The second-order valence-electron chi connectivity index (χ2n) is 19.5. The van der Waals surface area contributed by atoms with Gasteiger partial charge in [-0.3, -0.25) is 14.4 Å². The van der Waals surface area contributed by atoms with Gasteiger partial charge in [0.1, 0.15) is 13.2 Å². The summed E-state index contributed by atoms with van der Waals surface area (Å²) in [5.41, 5.74) is 0. The van der Waals surface area contributed by atoms with Crippen molar-refractivity contribution in [3.8, 4) is 0 Å². The molecule has 0 aromatic rings. The van der Waals surface area contributed by atoms with Gasteiger partial charge in [0.15, 0.2) is 6.10 Å². The van der Waals surface area contributed by atoms with Gasteiger partial charge in [-0.2, -0.15) is 0 Å². The molecular formula is C54H104O6. The lowest BCUT2D eigenvalue weighted by Crippen LogP contribution is -2.30. The van der Waals surface area contributed by atoms with Crippen molar-refractivity contribution >= 4 is 17.9 Å². The van der Waals surface area contributed by atoms with Crippen LogP contribution >= 0.6 is 0 Å². The van der Waals surface area contributed by atoms with Gasteiger partial charge in [0.2, 0.25) is 0 Å². The Labute approximate surface area is 374 Å². The average molecular weight is 849 g/mol. The van der Waals surface area contributed by atoms with E-state index in [2.05, 4.69) is 34.6 Å². The van der Waals surface area contributed by atoms with Crippen molar-refractivity contribution in [1.29, 1.82) is 0 Å². The molecule has 0 fully saturated rings. The highest BCUT2D eigenvalue weighted by Gasteiger charge is 2.19. The van der Waals surface area contributed by atoms with E-state index in [1.807, 2.05) is 0 Å². The van der Waals surface area contributed by atoms with Gasteiger partial charge in [-0.1, -0.05) is 259 Å². The van der Waals surface area contributed by atoms with Crippen molar-refractivity contribution in [3.63, 3.8) is 0 Å². The van der Waals surface area contributed by atoms with E-state index in [4.69, 9.17) is 14.2 Å². The molecule has 0 aliphatic carbocycles. The fraction of sp³-hybridized carbons (Fsp3) is 0.944. The van der Waals surface area contributed by atoms with E-state index in [1.165, 1.54) is 186 Å². The maximum absolute atomic E-state index is 12.8. The normalized spacial score (nSPS) is 12.1. The number of rotatable bonds is 48. The Kier molecular flexibility index (Phi) is 45.7. The van der Waals surface area contributed by atoms with E-state index >= 15 is 0 Å². The molecule has 0 aromatic heterocycles. The zero-order chi connectivity index (χ0) is 44.0. The van der Waals surface area contributed by atoms with Crippen LogP contribution in [0, 0.1) is 11.8 Å². The highest BCUT2D eigenvalue weighted by molar-refractivity contribution is 5.71. The summed E-state index contributed by atoms with van der Waals surface area (Å²) in [7, 11) is 0. The molecule has 0 bridgehead atoms. The molecule has 0 saturated carbocycles. The number of carbonyl (C=O) groups is 3. The summed E-state index contributed by atoms with van der Waals surface area (Å²) in [5, 5.41) is 0. The van der Waals surface area contributed by atoms with E-state index in [0.717, 1.165) is 69.6 Å². The zero-order valence-corrected chi connectivity index (χ0v) is 41.1. The largest absolute Gasteiger partial charge is 0.462 e. The van der Waals surface area contributed by atoms with Crippen LogP contribution in [0.2, 0.25) is 0 Å². The van der Waals surface area contributed by atoms with Gasteiger partial charge in [0, 0.05) is 19.3 Å². The van der Waals surface area contributed by atoms with Crippen LogP contribution in [0.3, 0.4) is 0 Å². The number of hydrogen-bond acceptors (Lipinski definition) is 6. The van der Waals surface area contributed by atoms with E-state index in [0.29, 0.717) is 19.3 Å². The van der Waals surface area contributed by atoms with Gasteiger partial charge in [-0.25, -0.2) is 0 Å². The van der Waals surface area contributed by atoms with Gasteiger partial charge >= 0.3 is 17.9 Å². The van der Waals surface area contributed by atoms with Crippen LogP contribution < -0.4 is 0 Å². The van der Waals surface area contributed by atoms with Gasteiger partial charge in [-0.15, -0.1) is 0 Å². The molecule has 6 heteroatoms. The van der Waals surface area contributed by atoms with Crippen LogP contribution in [0.15, 0.2) is 0 Å². The lowest BCUT2D eigenvalue weighted by molar-refractivity contribution is -0.167. The minimum atomic E-state index is -0.762. The summed E-state index contributed by atoms with van der Waals surface area (Å²) >= 11 is 0. The van der Waals surface area contributed by atoms with Crippen LogP contribution in [-0.4, -0.2) is 37.2 Å². The van der Waals surface area contributed by atoms with Crippen molar-refractivity contribution in [2.45, 2.75) is 304 Å². The molecule has 0 N–H and O–H groups in total. The van der Waals surface area contributed by atoms with Gasteiger partial charge in [0.25, 0.3) is 0 Å². The third-order valence-electron chi connectivity index (χ3n) is 12.2.